The molecule has 0 atom stereocenters. The summed E-state index contributed by atoms with van der Waals surface area (Å²) in [5.74, 6) is 1.46. The first kappa shape index (κ1) is 22.4. The van der Waals surface area contributed by atoms with Gasteiger partial charge in [-0.15, -0.1) is 0 Å². The number of carbonyl (C=O) groups excluding carboxylic acids is 1. The summed E-state index contributed by atoms with van der Waals surface area (Å²) in [4.78, 5) is 20.9. The number of anilines is 1. The Morgan fingerprint density at radius 2 is 1.88 bits per heavy atom. The van der Waals surface area contributed by atoms with Crippen molar-refractivity contribution < 1.29 is 13.9 Å². The lowest BCUT2D eigenvalue weighted by Crippen LogP contribution is -2.48. The fourth-order valence-electron chi connectivity index (χ4n) is 3.61. The van der Waals surface area contributed by atoms with E-state index in [1.807, 2.05) is 30.0 Å². The van der Waals surface area contributed by atoms with E-state index in [4.69, 9.17) is 20.8 Å². The second-order valence-electron chi connectivity index (χ2n) is 7.41. The van der Waals surface area contributed by atoms with Crippen LogP contribution in [-0.4, -0.2) is 48.6 Å². The van der Waals surface area contributed by atoms with Gasteiger partial charge in [0.25, 0.3) is 5.91 Å². The number of oxazole rings is 1. The summed E-state index contributed by atoms with van der Waals surface area (Å²) in [5, 5.41) is 10.1. The molecule has 33 heavy (non-hydrogen) atoms. The molecule has 0 radical (unpaired) electrons. The van der Waals surface area contributed by atoms with E-state index in [1.54, 1.807) is 47.4 Å². The second kappa shape index (κ2) is 10.2. The number of rotatable bonds is 6. The van der Waals surface area contributed by atoms with Crippen molar-refractivity contribution in [3.8, 4) is 11.8 Å². The molecule has 1 aromatic heterocycles. The van der Waals surface area contributed by atoms with Crippen molar-refractivity contribution in [2.24, 2.45) is 0 Å². The molecular formula is C25H23ClN4O3. The topological polar surface area (TPSA) is 82.6 Å². The molecule has 1 fully saturated rings. The summed E-state index contributed by atoms with van der Waals surface area (Å²) in [5.41, 5.74) is 1.68. The lowest BCUT2D eigenvalue weighted by molar-refractivity contribution is 0.0745. The van der Waals surface area contributed by atoms with Crippen LogP contribution in [-0.2, 0) is 0 Å². The average Bonchev–Trinajstić information content (AvgIpc) is 3.27. The van der Waals surface area contributed by atoms with E-state index in [0.717, 1.165) is 11.3 Å². The van der Waals surface area contributed by atoms with Gasteiger partial charge in [0.15, 0.2) is 0 Å². The highest BCUT2D eigenvalue weighted by Gasteiger charge is 2.26. The molecule has 2 heterocycles. The molecule has 1 saturated heterocycles. The second-order valence-corrected chi connectivity index (χ2v) is 7.82. The zero-order valence-electron chi connectivity index (χ0n) is 18.2. The van der Waals surface area contributed by atoms with Crippen LogP contribution in [0.5, 0.6) is 5.75 Å². The number of nitriles is 1. The van der Waals surface area contributed by atoms with Crippen LogP contribution in [0.25, 0.3) is 12.2 Å². The molecule has 2 aromatic carbocycles. The molecule has 0 aliphatic carbocycles. The van der Waals surface area contributed by atoms with Gasteiger partial charge in [0, 0.05) is 42.8 Å². The van der Waals surface area contributed by atoms with Gasteiger partial charge in [-0.25, -0.2) is 0 Å². The van der Waals surface area contributed by atoms with Gasteiger partial charge in [0.05, 0.1) is 6.61 Å². The van der Waals surface area contributed by atoms with Gasteiger partial charge in [-0.05, 0) is 48.9 Å². The van der Waals surface area contributed by atoms with Gasteiger partial charge in [-0.2, -0.15) is 10.2 Å². The van der Waals surface area contributed by atoms with Crippen molar-refractivity contribution in [3.63, 3.8) is 0 Å². The fraction of sp³-hybridized carbons (Fsp3) is 0.240. The van der Waals surface area contributed by atoms with Crippen LogP contribution in [0.3, 0.4) is 0 Å². The minimum atomic E-state index is -0.0286. The number of halogens is 1. The maximum atomic E-state index is 12.8. The van der Waals surface area contributed by atoms with Crippen LogP contribution in [0.4, 0.5) is 5.88 Å². The Morgan fingerprint density at radius 3 is 2.55 bits per heavy atom. The molecule has 0 spiro atoms. The summed E-state index contributed by atoms with van der Waals surface area (Å²) in [7, 11) is 0. The molecule has 1 amide bonds. The number of carbonyl (C=O) groups is 1. The third kappa shape index (κ3) is 5.18. The van der Waals surface area contributed by atoms with E-state index in [0.29, 0.717) is 55.1 Å². The number of ether oxygens (including phenoxy) is 1. The zero-order valence-corrected chi connectivity index (χ0v) is 19.0. The lowest BCUT2D eigenvalue weighted by atomic mass is 10.1. The molecule has 0 saturated carbocycles. The van der Waals surface area contributed by atoms with Gasteiger partial charge in [0.2, 0.25) is 17.5 Å². The zero-order chi connectivity index (χ0) is 23.2. The number of benzene rings is 2. The monoisotopic (exact) mass is 462 g/mol. The number of nitrogens with zero attached hydrogens (tertiary/aromatic N) is 4. The highest BCUT2D eigenvalue weighted by atomic mass is 35.5. The van der Waals surface area contributed by atoms with Gasteiger partial charge in [-0.3, -0.25) is 4.79 Å². The Morgan fingerprint density at radius 1 is 1.15 bits per heavy atom. The normalized spacial score (nSPS) is 13.8. The first-order chi connectivity index (χ1) is 16.1. The predicted octanol–water partition coefficient (Wildman–Crippen LogP) is 4.73. The third-order valence-corrected chi connectivity index (χ3v) is 5.65. The fourth-order valence-corrected chi connectivity index (χ4v) is 3.81. The van der Waals surface area contributed by atoms with E-state index >= 15 is 0 Å². The maximum Gasteiger partial charge on any atom is 0.253 e. The van der Waals surface area contributed by atoms with E-state index in [1.165, 1.54) is 0 Å². The quantitative estimate of drug-likeness (QED) is 0.526. The number of hydrogen-bond acceptors (Lipinski definition) is 6. The number of hydrogen-bond donors (Lipinski definition) is 0. The number of amides is 1. The van der Waals surface area contributed by atoms with Crippen LogP contribution in [0.1, 0.15) is 34.4 Å². The van der Waals surface area contributed by atoms with Crippen molar-refractivity contribution in [2.75, 3.05) is 37.7 Å². The van der Waals surface area contributed by atoms with Crippen LogP contribution in [0, 0.1) is 11.3 Å². The van der Waals surface area contributed by atoms with Crippen molar-refractivity contribution in [2.45, 2.75) is 6.92 Å². The van der Waals surface area contributed by atoms with Crippen molar-refractivity contribution in [3.05, 3.63) is 76.3 Å². The van der Waals surface area contributed by atoms with E-state index < -0.39 is 0 Å². The van der Waals surface area contributed by atoms with E-state index in [9.17, 15) is 10.1 Å². The molecule has 1 aliphatic heterocycles. The minimum absolute atomic E-state index is 0.0286. The lowest BCUT2D eigenvalue weighted by Gasteiger charge is -2.34. The molecule has 1 aliphatic rings. The molecule has 3 aromatic rings. The highest BCUT2D eigenvalue weighted by Crippen LogP contribution is 2.25. The number of piperazine rings is 1. The van der Waals surface area contributed by atoms with Gasteiger partial charge < -0.3 is 19.0 Å². The van der Waals surface area contributed by atoms with Gasteiger partial charge in [0.1, 0.15) is 11.8 Å². The Balaban J connectivity index is 1.41. The summed E-state index contributed by atoms with van der Waals surface area (Å²) in [6.45, 7) is 4.62. The number of aromatic nitrogens is 1. The smallest absolute Gasteiger partial charge is 0.253 e. The van der Waals surface area contributed by atoms with Gasteiger partial charge >= 0.3 is 0 Å². The van der Waals surface area contributed by atoms with Crippen LogP contribution in [0.2, 0.25) is 5.02 Å². The van der Waals surface area contributed by atoms with Crippen LogP contribution in [0.15, 0.2) is 52.9 Å². The molecule has 0 N–H and O–H groups in total. The summed E-state index contributed by atoms with van der Waals surface area (Å²) >= 11 is 6.18. The van der Waals surface area contributed by atoms with Crippen LogP contribution >= 0.6 is 11.6 Å². The molecule has 8 heteroatoms. The molecular weight excluding hydrogens is 440 g/mol. The molecule has 0 bridgehead atoms. The van der Waals surface area contributed by atoms with Crippen molar-refractivity contribution in [1.82, 2.24) is 9.88 Å². The average molecular weight is 463 g/mol. The highest BCUT2D eigenvalue weighted by molar-refractivity contribution is 6.32. The Bertz CT molecular complexity index is 1190. The van der Waals surface area contributed by atoms with Crippen molar-refractivity contribution >= 4 is 35.5 Å². The molecule has 4 rings (SSSR count). The molecule has 0 unspecified atom stereocenters. The third-order valence-electron chi connectivity index (χ3n) is 5.31. The predicted molar refractivity (Wildman–Crippen MR) is 127 cm³/mol. The first-order valence-electron chi connectivity index (χ1n) is 10.7. The Kier molecular flexibility index (Phi) is 6.96. The SMILES string of the molecule is CCOc1ccc(C(=O)N2CCN(c3oc(C=Cc4ccccc4Cl)nc3C#N)CC2)cc1. The summed E-state index contributed by atoms with van der Waals surface area (Å²) in [6.07, 6.45) is 3.49. The van der Waals surface area contributed by atoms with E-state index in [-0.39, 0.29) is 11.6 Å². The van der Waals surface area contributed by atoms with Crippen molar-refractivity contribution in [1.29, 1.82) is 5.26 Å². The standard InChI is InChI=1S/C25H23ClN4O3/c1-2-32-20-10-7-19(8-11-20)24(31)29-13-15-30(16-14-29)25-22(17-27)28-23(33-25)12-9-18-5-3-4-6-21(18)26/h3-12H,2,13-16H2,1H3. The summed E-state index contributed by atoms with van der Waals surface area (Å²) in [6, 6.07) is 16.7. The van der Waals surface area contributed by atoms with Gasteiger partial charge in [-0.1, -0.05) is 29.8 Å². The van der Waals surface area contributed by atoms with Crippen LogP contribution < -0.4 is 9.64 Å². The Hall–Kier alpha value is -3.76. The first-order valence-corrected chi connectivity index (χ1v) is 11.1. The van der Waals surface area contributed by atoms with E-state index in [2.05, 4.69) is 11.1 Å². The Labute approximate surface area is 197 Å². The summed E-state index contributed by atoms with van der Waals surface area (Å²) < 4.78 is 11.3. The largest absolute Gasteiger partial charge is 0.494 e. The minimum Gasteiger partial charge on any atom is -0.494 e. The molecule has 168 valence electrons. The maximum absolute atomic E-state index is 12.8. The molecule has 7 nitrogen and oxygen atoms in total.